The highest BCUT2D eigenvalue weighted by Crippen LogP contribution is 2.29. The van der Waals surface area contributed by atoms with Crippen LogP contribution < -0.4 is 5.73 Å². The minimum Gasteiger partial charge on any atom is -0.341 e. The van der Waals surface area contributed by atoms with E-state index in [4.69, 9.17) is 5.73 Å². The second-order valence-electron chi connectivity index (χ2n) is 7.63. The average molecular weight is 329 g/mol. The Kier molecular flexibility index (Phi) is 5.57. The van der Waals surface area contributed by atoms with E-state index in [1.807, 2.05) is 11.9 Å². The lowest BCUT2D eigenvalue weighted by atomic mass is 9.81. The van der Waals surface area contributed by atoms with Gasteiger partial charge in [-0.05, 0) is 31.2 Å². The highest BCUT2D eigenvalue weighted by Gasteiger charge is 2.39. The molecule has 0 atom stereocenters. The predicted molar refractivity (Wildman–Crippen MR) is 97.5 cm³/mol. The monoisotopic (exact) mass is 329 g/mol. The van der Waals surface area contributed by atoms with E-state index < -0.39 is 5.54 Å². The lowest BCUT2D eigenvalue weighted by Crippen LogP contribution is -2.58. The maximum absolute atomic E-state index is 12.9. The van der Waals surface area contributed by atoms with Crippen LogP contribution in [0.2, 0.25) is 0 Å². The maximum Gasteiger partial charge on any atom is 0.242 e. The van der Waals surface area contributed by atoms with E-state index in [0.717, 1.165) is 58.2 Å². The van der Waals surface area contributed by atoms with E-state index in [1.54, 1.807) is 0 Å². The Bertz CT molecular complexity index is 531. The third-order valence-corrected chi connectivity index (χ3v) is 5.85. The van der Waals surface area contributed by atoms with E-state index in [1.165, 1.54) is 12.0 Å². The van der Waals surface area contributed by atoms with Crippen LogP contribution in [0.25, 0.3) is 0 Å². The fourth-order valence-corrected chi connectivity index (χ4v) is 4.22. The highest BCUT2D eigenvalue weighted by atomic mass is 16.2. The summed E-state index contributed by atoms with van der Waals surface area (Å²) >= 11 is 0. The van der Waals surface area contributed by atoms with Crippen LogP contribution >= 0.6 is 0 Å². The number of likely N-dealkylation sites (N-methyl/N-ethyl adjacent to an activating group) is 1. The summed E-state index contributed by atoms with van der Waals surface area (Å²) in [6.07, 6.45) is 7.19. The molecule has 132 valence electrons. The van der Waals surface area contributed by atoms with Crippen LogP contribution in [-0.4, -0.2) is 47.4 Å². The number of benzene rings is 1. The summed E-state index contributed by atoms with van der Waals surface area (Å²) in [6.45, 7) is 3.11. The number of amides is 1. The molecule has 1 aromatic rings. The molecule has 0 spiro atoms. The van der Waals surface area contributed by atoms with Gasteiger partial charge in [0.25, 0.3) is 0 Å². The summed E-state index contributed by atoms with van der Waals surface area (Å²) in [5, 5.41) is 0. The minimum absolute atomic E-state index is 0.170. The number of nitrogens with zero attached hydrogens (tertiary/aromatic N) is 2. The molecule has 2 aliphatic rings. The smallest absolute Gasteiger partial charge is 0.242 e. The zero-order valence-corrected chi connectivity index (χ0v) is 14.9. The van der Waals surface area contributed by atoms with Crippen molar-refractivity contribution in [2.24, 2.45) is 5.73 Å². The van der Waals surface area contributed by atoms with Crippen LogP contribution in [0, 0.1) is 0 Å². The number of carbonyl (C=O) groups is 1. The first kappa shape index (κ1) is 17.4. The van der Waals surface area contributed by atoms with Crippen LogP contribution in [0.15, 0.2) is 30.3 Å². The maximum atomic E-state index is 12.9. The van der Waals surface area contributed by atoms with Crippen molar-refractivity contribution in [3.05, 3.63) is 35.9 Å². The van der Waals surface area contributed by atoms with Gasteiger partial charge in [0.2, 0.25) is 5.91 Å². The van der Waals surface area contributed by atoms with Crippen molar-refractivity contribution in [1.82, 2.24) is 9.80 Å². The van der Waals surface area contributed by atoms with Crippen LogP contribution in [0.4, 0.5) is 0 Å². The molecule has 4 heteroatoms. The first-order chi connectivity index (χ1) is 11.6. The van der Waals surface area contributed by atoms with Crippen LogP contribution in [0.1, 0.15) is 50.5 Å². The molecule has 1 aromatic carbocycles. The van der Waals surface area contributed by atoms with Gasteiger partial charge in [0.1, 0.15) is 0 Å². The van der Waals surface area contributed by atoms with Gasteiger partial charge in [-0.25, -0.2) is 0 Å². The molecule has 1 saturated heterocycles. The molecule has 0 radical (unpaired) electrons. The predicted octanol–water partition coefficient (Wildman–Crippen LogP) is 2.77. The van der Waals surface area contributed by atoms with Gasteiger partial charge in [0, 0.05) is 32.7 Å². The highest BCUT2D eigenvalue weighted by molar-refractivity contribution is 5.86. The van der Waals surface area contributed by atoms with E-state index in [2.05, 4.69) is 35.2 Å². The van der Waals surface area contributed by atoms with Crippen molar-refractivity contribution in [3.63, 3.8) is 0 Å². The van der Waals surface area contributed by atoms with Crippen molar-refractivity contribution >= 4 is 5.91 Å². The Hall–Kier alpha value is -1.39. The third kappa shape index (κ3) is 3.98. The standard InChI is InChI=1S/C20H31N3O/c1-22(19(24)20(21)12-6-3-7-13-20)18-10-14-23(15-11-18)16-17-8-4-2-5-9-17/h2,4-5,8-9,18H,3,6-7,10-16,21H2,1H3. The number of hydrogen-bond donors (Lipinski definition) is 1. The molecule has 1 amide bonds. The summed E-state index contributed by atoms with van der Waals surface area (Å²) in [5.74, 6) is 0.170. The molecule has 1 saturated carbocycles. The lowest BCUT2D eigenvalue weighted by molar-refractivity contribution is -0.140. The Morgan fingerprint density at radius 1 is 1.17 bits per heavy atom. The molecule has 1 aliphatic heterocycles. The van der Waals surface area contributed by atoms with Gasteiger partial charge in [0.15, 0.2) is 0 Å². The van der Waals surface area contributed by atoms with Crippen molar-refractivity contribution < 1.29 is 4.79 Å². The van der Waals surface area contributed by atoms with Crippen molar-refractivity contribution in [2.75, 3.05) is 20.1 Å². The largest absolute Gasteiger partial charge is 0.341 e. The Balaban J connectivity index is 1.51. The summed E-state index contributed by atoms with van der Waals surface area (Å²) in [6, 6.07) is 11.0. The van der Waals surface area contributed by atoms with E-state index in [0.29, 0.717) is 6.04 Å². The third-order valence-electron chi connectivity index (χ3n) is 5.85. The number of likely N-dealkylation sites (tertiary alicyclic amines) is 1. The first-order valence-electron chi connectivity index (χ1n) is 9.41. The van der Waals surface area contributed by atoms with Crippen molar-refractivity contribution in [1.29, 1.82) is 0 Å². The normalized spacial score (nSPS) is 22.2. The quantitative estimate of drug-likeness (QED) is 0.924. The summed E-state index contributed by atoms with van der Waals surface area (Å²) in [4.78, 5) is 17.3. The van der Waals surface area contributed by atoms with E-state index in [9.17, 15) is 4.79 Å². The minimum atomic E-state index is -0.603. The number of carbonyl (C=O) groups excluding carboxylic acids is 1. The number of hydrogen-bond acceptors (Lipinski definition) is 3. The molecule has 0 aromatic heterocycles. The topological polar surface area (TPSA) is 49.6 Å². The fourth-order valence-electron chi connectivity index (χ4n) is 4.22. The first-order valence-corrected chi connectivity index (χ1v) is 9.41. The van der Waals surface area contributed by atoms with Crippen LogP contribution in [0.3, 0.4) is 0 Å². The van der Waals surface area contributed by atoms with Gasteiger partial charge in [0.05, 0.1) is 5.54 Å². The molecule has 0 unspecified atom stereocenters. The van der Waals surface area contributed by atoms with Crippen molar-refractivity contribution in [3.8, 4) is 0 Å². The molecular formula is C20H31N3O. The van der Waals surface area contributed by atoms with E-state index in [-0.39, 0.29) is 5.91 Å². The number of nitrogens with two attached hydrogens (primary N) is 1. The second-order valence-corrected chi connectivity index (χ2v) is 7.63. The van der Waals surface area contributed by atoms with Gasteiger partial charge in [-0.15, -0.1) is 0 Å². The van der Waals surface area contributed by atoms with Crippen molar-refractivity contribution in [2.45, 2.75) is 63.1 Å². The molecule has 1 heterocycles. The number of rotatable bonds is 4. The SMILES string of the molecule is CN(C(=O)C1(N)CCCCC1)C1CCN(Cc2ccccc2)CC1. The summed E-state index contributed by atoms with van der Waals surface area (Å²) in [7, 11) is 1.96. The molecular weight excluding hydrogens is 298 g/mol. The Morgan fingerprint density at radius 3 is 2.42 bits per heavy atom. The van der Waals surface area contributed by atoms with Crippen LogP contribution in [-0.2, 0) is 11.3 Å². The molecule has 0 bridgehead atoms. The van der Waals surface area contributed by atoms with Gasteiger partial charge < -0.3 is 10.6 Å². The van der Waals surface area contributed by atoms with Gasteiger partial charge in [-0.3, -0.25) is 9.69 Å². The fraction of sp³-hybridized carbons (Fsp3) is 0.650. The zero-order chi connectivity index (χ0) is 17.0. The van der Waals surface area contributed by atoms with Gasteiger partial charge in [-0.2, -0.15) is 0 Å². The van der Waals surface area contributed by atoms with Crippen LogP contribution in [0.5, 0.6) is 0 Å². The second kappa shape index (κ2) is 7.66. The Labute approximate surface area is 146 Å². The van der Waals surface area contributed by atoms with E-state index >= 15 is 0 Å². The molecule has 3 rings (SSSR count). The molecule has 2 N–H and O–H groups in total. The zero-order valence-electron chi connectivity index (χ0n) is 14.9. The molecule has 4 nitrogen and oxygen atoms in total. The average Bonchev–Trinajstić information content (AvgIpc) is 2.63. The Morgan fingerprint density at radius 2 is 1.79 bits per heavy atom. The number of piperidine rings is 1. The van der Waals surface area contributed by atoms with Gasteiger partial charge in [-0.1, -0.05) is 49.6 Å². The lowest BCUT2D eigenvalue weighted by Gasteiger charge is -2.41. The molecule has 1 aliphatic carbocycles. The molecule has 24 heavy (non-hydrogen) atoms. The summed E-state index contributed by atoms with van der Waals surface area (Å²) < 4.78 is 0. The van der Waals surface area contributed by atoms with Gasteiger partial charge >= 0.3 is 0 Å². The summed E-state index contributed by atoms with van der Waals surface area (Å²) in [5.41, 5.74) is 7.20. The molecule has 2 fully saturated rings.